The Morgan fingerprint density at radius 1 is 1.43 bits per heavy atom. The second kappa shape index (κ2) is 4.36. The molecule has 0 aromatic carbocycles. The normalized spacial score (nSPS) is 26.6. The Bertz CT molecular complexity index is 312. The van der Waals surface area contributed by atoms with Crippen molar-refractivity contribution in [3.8, 4) is 0 Å². The Morgan fingerprint density at radius 3 is 2.50 bits per heavy atom. The maximum Gasteiger partial charge on any atom is 0.133 e. The molecule has 0 saturated heterocycles. The number of rotatable bonds is 4. The van der Waals surface area contributed by atoms with Gasteiger partial charge in [-0.15, -0.1) is 0 Å². The van der Waals surface area contributed by atoms with Crippen LogP contribution in [0.1, 0.15) is 27.2 Å². The third-order valence-electron chi connectivity index (χ3n) is 2.47. The lowest BCUT2D eigenvalue weighted by atomic mass is 10.2. The molecule has 76 valence electrons. The van der Waals surface area contributed by atoms with E-state index in [9.17, 15) is 4.79 Å². The Morgan fingerprint density at radius 2 is 2.07 bits per heavy atom. The van der Waals surface area contributed by atoms with Crippen LogP contribution in [0.4, 0.5) is 0 Å². The van der Waals surface area contributed by atoms with Crippen molar-refractivity contribution in [1.29, 1.82) is 0 Å². The summed E-state index contributed by atoms with van der Waals surface area (Å²) in [4.78, 5) is 15.4. The number of aliphatic imine (C=N–C) groups is 1. The molecule has 2 nitrogen and oxygen atoms in total. The van der Waals surface area contributed by atoms with E-state index in [4.69, 9.17) is 0 Å². The van der Waals surface area contributed by atoms with Crippen LogP contribution in [0.25, 0.3) is 0 Å². The lowest BCUT2D eigenvalue weighted by Crippen LogP contribution is -1.97. The molecule has 14 heavy (non-hydrogen) atoms. The van der Waals surface area contributed by atoms with Gasteiger partial charge in [-0.25, -0.2) is 0 Å². The smallest absolute Gasteiger partial charge is 0.133 e. The van der Waals surface area contributed by atoms with Crippen molar-refractivity contribution in [1.82, 2.24) is 0 Å². The summed E-state index contributed by atoms with van der Waals surface area (Å²) < 4.78 is 0. The standard InChI is InChI=1S/C12H17NO/c1-5-6-8(2)13-9(3)11-7-12(11)10(4)14/h5-6,11-12H,3,7H2,1-2,4H3/b6-5-,13-8?/t11-,12-/m1/s1. The molecule has 1 rings (SSSR count). The summed E-state index contributed by atoms with van der Waals surface area (Å²) in [5.41, 5.74) is 1.80. The zero-order chi connectivity index (χ0) is 10.7. The van der Waals surface area contributed by atoms with Crippen molar-refractivity contribution in [3.63, 3.8) is 0 Å². The van der Waals surface area contributed by atoms with E-state index in [1.165, 1.54) is 0 Å². The molecule has 1 aliphatic rings. The molecule has 0 amide bonds. The first-order chi connectivity index (χ1) is 6.56. The fraction of sp³-hybridized carbons (Fsp3) is 0.500. The lowest BCUT2D eigenvalue weighted by Gasteiger charge is -1.98. The van der Waals surface area contributed by atoms with E-state index in [-0.39, 0.29) is 11.7 Å². The predicted octanol–water partition coefficient (Wildman–Crippen LogP) is 2.76. The Balaban J connectivity index is 2.53. The molecule has 0 spiro atoms. The Hall–Kier alpha value is -1.18. The van der Waals surface area contributed by atoms with E-state index >= 15 is 0 Å². The predicted molar refractivity (Wildman–Crippen MR) is 59.3 cm³/mol. The van der Waals surface area contributed by atoms with Crippen LogP contribution >= 0.6 is 0 Å². The van der Waals surface area contributed by atoms with Gasteiger partial charge in [-0.05, 0) is 33.3 Å². The van der Waals surface area contributed by atoms with Crippen molar-refractivity contribution in [2.75, 3.05) is 0 Å². The first kappa shape index (κ1) is 10.9. The van der Waals surface area contributed by atoms with Gasteiger partial charge >= 0.3 is 0 Å². The SMILES string of the molecule is C=C(N=C(C)/C=C\C)[C@H]1C[C@@H]1C(C)=O. The molecular formula is C12H17NO. The highest BCUT2D eigenvalue weighted by molar-refractivity contribution is 5.93. The molecule has 1 fully saturated rings. The van der Waals surface area contributed by atoms with Gasteiger partial charge in [0.1, 0.15) is 5.78 Å². The quantitative estimate of drug-likeness (QED) is 0.628. The van der Waals surface area contributed by atoms with Crippen molar-refractivity contribution >= 4 is 11.5 Å². The van der Waals surface area contributed by atoms with Crippen LogP contribution in [0.3, 0.4) is 0 Å². The average molecular weight is 191 g/mol. The molecule has 0 bridgehead atoms. The molecule has 0 radical (unpaired) electrons. The molecule has 0 aromatic rings. The number of nitrogens with zero attached hydrogens (tertiary/aromatic N) is 1. The van der Waals surface area contributed by atoms with Gasteiger partial charge in [0.2, 0.25) is 0 Å². The van der Waals surface area contributed by atoms with Crippen LogP contribution in [0, 0.1) is 11.8 Å². The van der Waals surface area contributed by atoms with Crippen molar-refractivity contribution in [2.45, 2.75) is 27.2 Å². The van der Waals surface area contributed by atoms with Crippen molar-refractivity contribution in [2.24, 2.45) is 16.8 Å². The molecule has 0 aromatic heterocycles. The van der Waals surface area contributed by atoms with Gasteiger partial charge in [0.05, 0.1) is 0 Å². The highest BCUT2D eigenvalue weighted by atomic mass is 16.1. The van der Waals surface area contributed by atoms with Crippen LogP contribution in [0.15, 0.2) is 29.4 Å². The molecule has 0 heterocycles. The maximum atomic E-state index is 11.0. The molecule has 0 aliphatic heterocycles. The van der Waals surface area contributed by atoms with Crippen molar-refractivity contribution in [3.05, 3.63) is 24.4 Å². The van der Waals surface area contributed by atoms with Gasteiger partial charge in [-0.2, -0.15) is 0 Å². The molecule has 0 N–H and O–H groups in total. The Labute approximate surface area is 85.4 Å². The minimum Gasteiger partial charge on any atom is -0.300 e. The third-order valence-corrected chi connectivity index (χ3v) is 2.47. The third kappa shape index (κ3) is 2.66. The highest BCUT2D eigenvalue weighted by Crippen LogP contribution is 2.44. The number of hydrogen-bond donors (Lipinski definition) is 0. The first-order valence-corrected chi connectivity index (χ1v) is 4.93. The van der Waals surface area contributed by atoms with E-state index in [1.54, 1.807) is 6.92 Å². The van der Waals surface area contributed by atoms with Crippen LogP contribution in [0.2, 0.25) is 0 Å². The van der Waals surface area contributed by atoms with Crippen LogP contribution < -0.4 is 0 Å². The minimum atomic E-state index is 0.185. The number of carbonyl (C=O) groups is 1. The van der Waals surface area contributed by atoms with Gasteiger partial charge < -0.3 is 0 Å². The van der Waals surface area contributed by atoms with Gasteiger partial charge in [0.15, 0.2) is 0 Å². The van der Waals surface area contributed by atoms with E-state index in [0.29, 0.717) is 5.92 Å². The number of Topliss-reactive ketones (excluding diaryl/α,β-unsaturated/α-hetero) is 1. The van der Waals surface area contributed by atoms with Crippen LogP contribution in [0.5, 0.6) is 0 Å². The second-order valence-electron chi connectivity index (χ2n) is 3.80. The van der Waals surface area contributed by atoms with E-state index in [2.05, 4.69) is 11.6 Å². The zero-order valence-corrected chi connectivity index (χ0v) is 9.08. The molecule has 0 unspecified atom stereocenters. The van der Waals surface area contributed by atoms with Crippen LogP contribution in [-0.4, -0.2) is 11.5 Å². The minimum absolute atomic E-state index is 0.185. The second-order valence-corrected chi connectivity index (χ2v) is 3.80. The topological polar surface area (TPSA) is 29.4 Å². The first-order valence-electron chi connectivity index (χ1n) is 4.93. The number of hydrogen-bond acceptors (Lipinski definition) is 2. The Kier molecular flexibility index (Phi) is 3.39. The van der Waals surface area contributed by atoms with Crippen LogP contribution in [-0.2, 0) is 4.79 Å². The molecule has 1 aliphatic carbocycles. The fourth-order valence-corrected chi connectivity index (χ4v) is 1.60. The van der Waals surface area contributed by atoms with Gasteiger partial charge in [0, 0.05) is 23.2 Å². The van der Waals surface area contributed by atoms with Gasteiger partial charge in [-0.1, -0.05) is 12.7 Å². The summed E-state index contributed by atoms with van der Waals surface area (Å²) in [5, 5.41) is 0. The maximum absolute atomic E-state index is 11.0. The van der Waals surface area contributed by atoms with E-state index in [0.717, 1.165) is 17.8 Å². The van der Waals surface area contributed by atoms with E-state index in [1.807, 2.05) is 26.0 Å². The zero-order valence-electron chi connectivity index (χ0n) is 9.08. The van der Waals surface area contributed by atoms with Crippen molar-refractivity contribution < 1.29 is 4.79 Å². The number of carbonyl (C=O) groups excluding carboxylic acids is 1. The lowest BCUT2D eigenvalue weighted by molar-refractivity contribution is -0.118. The summed E-state index contributed by atoms with van der Waals surface area (Å²) in [7, 11) is 0. The summed E-state index contributed by atoms with van der Waals surface area (Å²) in [6.07, 6.45) is 4.82. The van der Waals surface area contributed by atoms with Gasteiger partial charge in [-0.3, -0.25) is 9.79 Å². The number of allylic oxidation sites excluding steroid dienone is 3. The summed E-state index contributed by atoms with van der Waals surface area (Å²) >= 11 is 0. The summed E-state index contributed by atoms with van der Waals surface area (Å²) in [5.74, 6) is 0.743. The van der Waals surface area contributed by atoms with Gasteiger partial charge in [0.25, 0.3) is 0 Å². The van der Waals surface area contributed by atoms with E-state index < -0.39 is 0 Å². The highest BCUT2D eigenvalue weighted by Gasteiger charge is 2.42. The molecule has 2 atom stereocenters. The number of ketones is 1. The fourth-order valence-electron chi connectivity index (χ4n) is 1.60. The monoisotopic (exact) mass is 191 g/mol. The molecule has 1 saturated carbocycles. The summed E-state index contributed by atoms with van der Waals surface area (Å²) in [6, 6.07) is 0. The average Bonchev–Trinajstić information content (AvgIpc) is 2.82. The molecule has 2 heteroatoms. The summed E-state index contributed by atoms with van der Waals surface area (Å²) in [6.45, 7) is 9.43. The largest absolute Gasteiger partial charge is 0.300 e. The molecular weight excluding hydrogens is 174 g/mol.